The van der Waals surface area contributed by atoms with Crippen molar-refractivity contribution in [1.82, 2.24) is 4.98 Å². The second kappa shape index (κ2) is 8.34. The van der Waals surface area contributed by atoms with Crippen molar-refractivity contribution in [1.29, 1.82) is 5.26 Å². The van der Waals surface area contributed by atoms with Crippen LogP contribution in [-0.4, -0.2) is 18.5 Å². The van der Waals surface area contributed by atoms with E-state index >= 15 is 0 Å². The summed E-state index contributed by atoms with van der Waals surface area (Å²) in [5.74, 6) is 0.326. The zero-order chi connectivity index (χ0) is 22.9. The molecule has 1 unspecified atom stereocenters. The molecule has 7 heteroatoms. The normalized spacial score (nSPS) is 15.5. The van der Waals surface area contributed by atoms with Crippen molar-refractivity contribution in [2.75, 3.05) is 7.11 Å². The zero-order valence-electron chi connectivity index (χ0n) is 17.9. The van der Waals surface area contributed by atoms with Gasteiger partial charge in [0.15, 0.2) is 0 Å². The Hall–Kier alpha value is -3.27. The van der Waals surface area contributed by atoms with Crippen molar-refractivity contribution in [3.63, 3.8) is 0 Å². The quantitative estimate of drug-likeness (QED) is 0.485. The smallest absolute Gasteiger partial charge is 0.481 e. The Balaban J connectivity index is 1.71. The topological polar surface area (TPSA) is 55.1 Å². The lowest BCUT2D eigenvalue weighted by Gasteiger charge is -2.24. The SMILES string of the molecule is COc1nc2cc(C(C)(C#N)Cc3cccc(OC(F)(F)F)c3)ccc2c2c1CCCC2. The molecule has 4 nitrogen and oxygen atoms in total. The molecule has 1 aliphatic carbocycles. The Bertz CT molecular complexity index is 1200. The molecule has 0 amide bonds. The number of methoxy groups -OCH3 is 1. The van der Waals surface area contributed by atoms with Crippen molar-refractivity contribution >= 4 is 10.9 Å². The Labute approximate surface area is 184 Å². The van der Waals surface area contributed by atoms with Crippen LogP contribution in [0.5, 0.6) is 11.6 Å². The highest BCUT2D eigenvalue weighted by molar-refractivity contribution is 5.85. The van der Waals surface area contributed by atoms with Gasteiger partial charge < -0.3 is 9.47 Å². The van der Waals surface area contributed by atoms with E-state index in [9.17, 15) is 18.4 Å². The number of fused-ring (bicyclic) bond motifs is 3. The predicted molar refractivity (Wildman–Crippen MR) is 115 cm³/mol. The van der Waals surface area contributed by atoms with Gasteiger partial charge in [-0.05, 0) is 73.9 Å². The molecule has 32 heavy (non-hydrogen) atoms. The summed E-state index contributed by atoms with van der Waals surface area (Å²) in [5, 5.41) is 11.1. The summed E-state index contributed by atoms with van der Waals surface area (Å²) >= 11 is 0. The van der Waals surface area contributed by atoms with Gasteiger partial charge in [0, 0.05) is 10.9 Å². The van der Waals surface area contributed by atoms with Crippen LogP contribution in [0.1, 0.15) is 42.0 Å². The number of hydrogen-bond acceptors (Lipinski definition) is 4. The number of nitriles is 1. The lowest BCUT2D eigenvalue weighted by molar-refractivity contribution is -0.274. The van der Waals surface area contributed by atoms with Gasteiger partial charge in [-0.15, -0.1) is 13.2 Å². The molecule has 0 bridgehead atoms. The molecule has 2 aromatic carbocycles. The summed E-state index contributed by atoms with van der Waals surface area (Å²) in [5.41, 5.74) is 3.53. The summed E-state index contributed by atoms with van der Waals surface area (Å²) in [6.45, 7) is 1.78. The first-order chi connectivity index (χ1) is 15.2. The third kappa shape index (κ3) is 4.36. The first-order valence-corrected chi connectivity index (χ1v) is 10.5. The van der Waals surface area contributed by atoms with Gasteiger partial charge in [0.1, 0.15) is 5.75 Å². The van der Waals surface area contributed by atoms with Gasteiger partial charge in [0.05, 0.1) is 24.1 Å². The van der Waals surface area contributed by atoms with Crippen LogP contribution in [0.2, 0.25) is 0 Å². The number of hydrogen-bond donors (Lipinski definition) is 0. The van der Waals surface area contributed by atoms with E-state index in [4.69, 9.17) is 9.72 Å². The number of rotatable bonds is 5. The first-order valence-electron chi connectivity index (χ1n) is 10.5. The summed E-state index contributed by atoms with van der Waals surface area (Å²) in [7, 11) is 1.61. The van der Waals surface area contributed by atoms with Crippen LogP contribution in [-0.2, 0) is 24.7 Å². The summed E-state index contributed by atoms with van der Waals surface area (Å²) in [4.78, 5) is 4.70. The van der Waals surface area contributed by atoms with Crippen LogP contribution < -0.4 is 9.47 Å². The second-order valence-electron chi connectivity index (χ2n) is 8.33. The molecule has 1 aromatic heterocycles. The molecule has 0 radical (unpaired) electrons. The van der Waals surface area contributed by atoms with Crippen molar-refractivity contribution < 1.29 is 22.6 Å². The van der Waals surface area contributed by atoms with E-state index < -0.39 is 11.8 Å². The van der Waals surface area contributed by atoms with Gasteiger partial charge in [-0.1, -0.05) is 24.3 Å². The average Bonchev–Trinajstić information content (AvgIpc) is 2.77. The minimum Gasteiger partial charge on any atom is -0.481 e. The molecule has 1 aliphatic rings. The highest BCUT2D eigenvalue weighted by atomic mass is 19.4. The fraction of sp³-hybridized carbons (Fsp3) is 0.360. The summed E-state index contributed by atoms with van der Waals surface area (Å²) in [6, 6.07) is 13.9. The largest absolute Gasteiger partial charge is 0.573 e. The Morgan fingerprint density at radius 3 is 2.50 bits per heavy atom. The Morgan fingerprint density at radius 2 is 1.81 bits per heavy atom. The molecule has 1 heterocycles. The van der Waals surface area contributed by atoms with Gasteiger partial charge in [0.2, 0.25) is 5.88 Å². The highest BCUT2D eigenvalue weighted by Crippen LogP contribution is 2.37. The molecular formula is C25H23F3N2O2. The number of ether oxygens (including phenoxy) is 2. The van der Waals surface area contributed by atoms with Gasteiger partial charge in [-0.3, -0.25) is 0 Å². The monoisotopic (exact) mass is 440 g/mol. The molecule has 166 valence electrons. The lowest BCUT2D eigenvalue weighted by atomic mass is 9.78. The van der Waals surface area contributed by atoms with Gasteiger partial charge >= 0.3 is 6.36 Å². The molecule has 0 fully saturated rings. The third-order valence-corrected chi connectivity index (χ3v) is 6.04. The highest BCUT2D eigenvalue weighted by Gasteiger charge is 2.32. The number of benzene rings is 2. The Morgan fingerprint density at radius 1 is 1.06 bits per heavy atom. The molecule has 1 atom stereocenters. The van der Waals surface area contributed by atoms with Crippen LogP contribution in [0.3, 0.4) is 0 Å². The summed E-state index contributed by atoms with van der Waals surface area (Å²) in [6.07, 6.45) is -0.409. The molecule has 4 rings (SSSR count). The number of aryl methyl sites for hydroxylation is 1. The summed E-state index contributed by atoms with van der Waals surface area (Å²) < 4.78 is 47.3. The van der Waals surface area contributed by atoms with Crippen molar-refractivity contribution in [3.05, 3.63) is 64.7 Å². The van der Waals surface area contributed by atoms with E-state index in [1.54, 1.807) is 20.1 Å². The van der Waals surface area contributed by atoms with Crippen LogP contribution in [0.15, 0.2) is 42.5 Å². The Kier molecular flexibility index (Phi) is 5.72. The van der Waals surface area contributed by atoms with E-state index in [-0.39, 0.29) is 12.2 Å². The van der Waals surface area contributed by atoms with Crippen LogP contribution in [0.4, 0.5) is 13.2 Å². The van der Waals surface area contributed by atoms with E-state index in [0.29, 0.717) is 11.4 Å². The van der Waals surface area contributed by atoms with Gasteiger partial charge in [-0.25, -0.2) is 4.98 Å². The minimum absolute atomic E-state index is 0.228. The van der Waals surface area contributed by atoms with Gasteiger partial charge in [0.25, 0.3) is 0 Å². The zero-order valence-corrected chi connectivity index (χ0v) is 17.9. The molecule has 0 saturated carbocycles. The van der Waals surface area contributed by atoms with E-state index in [1.807, 2.05) is 18.2 Å². The van der Waals surface area contributed by atoms with Crippen molar-refractivity contribution in [2.45, 2.75) is 50.8 Å². The number of halogens is 3. The fourth-order valence-electron chi connectivity index (χ4n) is 4.47. The molecule has 3 aromatic rings. The maximum Gasteiger partial charge on any atom is 0.573 e. The van der Waals surface area contributed by atoms with Crippen LogP contribution in [0.25, 0.3) is 10.9 Å². The number of pyridine rings is 1. The maximum atomic E-state index is 12.6. The van der Waals surface area contributed by atoms with Crippen molar-refractivity contribution in [3.8, 4) is 17.7 Å². The van der Waals surface area contributed by atoms with Gasteiger partial charge in [-0.2, -0.15) is 5.26 Å². The van der Waals surface area contributed by atoms with E-state index in [2.05, 4.69) is 10.8 Å². The minimum atomic E-state index is -4.76. The van der Waals surface area contributed by atoms with Crippen LogP contribution in [0, 0.1) is 11.3 Å². The molecule has 0 N–H and O–H groups in total. The molecule has 0 aliphatic heterocycles. The lowest BCUT2D eigenvalue weighted by Crippen LogP contribution is -2.23. The second-order valence-corrected chi connectivity index (χ2v) is 8.33. The van der Waals surface area contributed by atoms with E-state index in [0.717, 1.165) is 47.7 Å². The van der Waals surface area contributed by atoms with Crippen molar-refractivity contribution in [2.24, 2.45) is 0 Å². The number of nitrogens with zero attached hydrogens (tertiary/aromatic N) is 2. The fourth-order valence-corrected chi connectivity index (χ4v) is 4.47. The average molecular weight is 440 g/mol. The first kappa shape index (κ1) is 21.9. The standard InChI is InChI=1S/C25H23F3N2O2/c1-24(15-29,14-16-6-5-7-18(12-16)32-25(26,27)28)17-10-11-20-19-8-3-4-9-21(19)23(31-2)30-22(20)13-17/h5-7,10-13H,3-4,8-9,14H2,1-2H3. The maximum absolute atomic E-state index is 12.6. The number of aromatic nitrogens is 1. The third-order valence-electron chi connectivity index (χ3n) is 6.04. The number of alkyl halides is 3. The molecular weight excluding hydrogens is 417 g/mol. The molecule has 0 saturated heterocycles. The van der Waals surface area contributed by atoms with E-state index in [1.165, 1.54) is 23.8 Å². The van der Waals surface area contributed by atoms with Crippen LogP contribution >= 0.6 is 0 Å². The predicted octanol–water partition coefficient (Wildman–Crippen LogP) is 6.04. The molecule has 0 spiro atoms.